The van der Waals surface area contributed by atoms with E-state index in [0.29, 0.717) is 16.5 Å². The second-order valence-electron chi connectivity index (χ2n) is 6.68. The van der Waals surface area contributed by atoms with Gasteiger partial charge in [-0.15, -0.1) is 0 Å². The Morgan fingerprint density at radius 3 is 2.68 bits per heavy atom. The number of rotatable bonds is 4. The molecule has 0 saturated heterocycles. The number of amides is 1. The highest BCUT2D eigenvalue weighted by Crippen LogP contribution is 2.34. The van der Waals surface area contributed by atoms with Gasteiger partial charge in [0.25, 0.3) is 0 Å². The minimum Gasteiger partial charge on any atom is -0.495 e. The number of nitrogens with one attached hydrogen (secondary N) is 2. The minimum absolute atomic E-state index is 0.104. The normalized spacial score (nSPS) is 11.6. The second-order valence-corrected chi connectivity index (χ2v) is 7.11. The number of carbonyl (C=O) groups is 1. The lowest BCUT2D eigenvalue weighted by atomic mass is 9.83. The van der Waals surface area contributed by atoms with Crippen LogP contribution < -0.4 is 10.1 Å². The minimum atomic E-state index is -0.735. The summed E-state index contributed by atoms with van der Waals surface area (Å²) in [6, 6.07) is 11.3. The van der Waals surface area contributed by atoms with Gasteiger partial charge in [-0.25, -0.2) is 0 Å². The highest BCUT2D eigenvalue weighted by atomic mass is 35.5. The number of aryl methyl sites for hydroxylation is 1. The number of carbonyl (C=O) groups excluding carboxylic acids is 1. The lowest BCUT2D eigenvalue weighted by Crippen LogP contribution is -2.34. The van der Waals surface area contributed by atoms with Crippen molar-refractivity contribution in [1.29, 1.82) is 0 Å². The summed E-state index contributed by atoms with van der Waals surface area (Å²) in [5, 5.41) is 4.65. The van der Waals surface area contributed by atoms with Crippen LogP contribution in [0, 0.1) is 6.92 Å². The largest absolute Gasteiger partial charge is 0.495 e. The number of benzene rings is 2. The maximum atomic E-state index is 13.0. The number of aromatic nitrogens is 1. The number of H-pyrrole nitrogens is 1. The molecule has 0 radical (unpaired) electrons. The first-order chi connectivity index (χ1) is 11.8. The van der Waals surface area contributed by atoms with Gasteiger partial charge in [-0.3, -0.25) is 4.79 Å². The van der Waals surface area contributed by atoms with Crippen LogP contribution in [0.3, 0.4) is 0 Å². The van der Waals surface area contributed by atoms with Crippen molar-refractivity contribution in [1.82, 2.24) is 4.98 Å². The Bertz CT molecular complexity index is 944. The zero-order valence-corrected chi connectivity index (χ0v) is 15.5. The van der Waals surface area contributed by atoms with Crippen molar-refractivity contribution in [2.75, 3.05) is 12.4 Å². The molecule has 4 nitrogen and oxygen atoms in total. The van der Waals surface area contributed by atoms with E-state index in [4.69, 9.17) is 16.3 Å². The van der Waals surface area contributed by atoms with Crippen LogP contribution in [0.5, 0.6) is 5.75 Å². The van der Waals surface area contributed by atoms with Crippen molar-refractivity contribution < 1.29 is 9.53 Å². The fourth-order valence-corrected chi connectivity index (χ4v) is 3.11. The molecule has 2 aromatic carbocycles. The Hall–Kier alpha value is -2.46. The first kappa shape index (κ1) is 17.4. The molecule has 5 heteroatoms. The first-order valence-corrected chi connectivity index (χ1v) is 8.44. The molecule has 130 valence electrons. The molecular formula is C20H21ClN2O2. The van der Waals surface area contributed by atoms with E-state index in [1.165, 1.54) is 0 Å². The Labute approximate surface area is 152 Å². The predicted molar refractivity (Wildman–Crippen MR) is 103 cm³/mol. The number of hydrogen-bond acceptors (Lipinski definition) is 2. The van der Waals surface area contributed by atoms with E-state index in [1.54, 1.807) is 7.11 Å². The van der Waals surface area contributed by atoms with Gasteiger partial charge in [-0.1, -0.05) is 23.7 Å². The molecule has 2 N–H and O–H groups in total. The number of halogens is 1. The van der Waals surface area contributed by atoms with Crippen LogP contribution in [-0.4, -0.2) is 18.0 Å². The standard InChI is InChI=1S/C20H21ClN2O2/c1-12-5-8-18(25-4)17(9-12)23-19(24)20(2,3)15-11-22-16-10-13(21)6-7-14(15)16/h5-11,22H,1-4H3,(H,23,24). The Morgan fingerprint density at radius 1 is 1.20 bits per heavy atom. The SMILES string of the molecule is COc1ccc(C)cc1NC(=O)C(C)(C)c1c[nH]c2cc(Cl)ccc12. The van der Waals surface area contributed by atoms with E-state index in [0.717, 1.165) is 22.0 Å². The van der Waals surface area contributed by atoms with Crippen LogP contribution in [0.15, 0.2) is 42.6 Å². The Morgan fingerprint density at radius 2 is 1.96 bits per heavy atom. The van der Waals surface area contributed by atoms with Gasteiger partial charge in [0.15, 0.2) is 0 Å². The van der Waals surface area contributed by atoms with Gasteiger partial charge < -0.3 is 15.0 Å². The molecule has 0 fully saturated rings. The lowest BCUT2D eigenvalue weighted by molar-refractivity contribution is -0.120. The fourth-order valence-electron chi connectivity index (χ4n) is 2.94. The van der Waals surface area contributed by atoms with Crippen LogP contribution in [0.1, 0.15) is 25.0 Å². The summed E-state index contributed by atoms with van der Waals surface area (Å²) in [5.74, 6) is 0.535. The van der Waals surface area contributed by atoms with Gasteiger partial charge in [0.1, 0.15) is 5.75 Å². The molecular weight excluding hydrogens is 336 g/mol. The summed E-state index contributed by atoms with van der Waals surface area (Å²) in [6.45, 7) is 5.79. The number of methoxy groups -OCH3 is 1. The molecule has 1 amide bonds. The second kappa shape index (κ2) is 6.45. The van der Waals surface area contributed by atoms with Crippen LogP contribution >= 0.6 is 11.6 Å². The molecule has 0 aliphatic rings. The monoisotopic (exact) mass is 356 g/mol. The molecule has 0 bridgehead atoms. The van der Waals surface area contributed by atoms with E-state index in [1.807, 2.05) is 63.4 Å². The molecule has 0 aliphatic heterocycles. The number of fused-ring (bicyclic) bond motifs is 1. The quantitative estimate of drug-likeness (QED) is 0.686. The van der Waals surface area contributed by atoms with Crippen LogP contribution in [0.4, 0.5) is 5.69 Å². The summed E-state index contributed by atoms with van der Waals surface area (Å²) in [7, 11) is 1.59. The summed E-state index contributed by atoms with van der Waals surface area (Å²) in [5.41, 5.74) is 2.82. The van der Waals surface area contributed by atoms with Crippen molar-refractivity contribution in [2.24, 2.45) is 0 Å². The average molecular weight is 357 g/mol. The van der Waals surface area contributed by atoms with Gasteiger partial charge in [-0.05, 0) is 56.2 Å². The molecule has 3 rings (SSSR count). The highest BCUT2D eigenvalue weighted by Gasteiger charge is 2.32. The molecule has 3 aromatic rings. The molecule has 0 saturated carbocycles. The maximum absolute atomic E-state index is 13.0. The smallest absolute Gasteiger partial charge is 0.234 e. The fraction of sp³-hybridized carbons (Fsp3) is 0.250. The molecule has 25 heavy (non-hydrogen) atoms. The van der Waals surface area contributed by atoms with Crippen LogP contribution in [-0.2, 0) is 10.2 Å². The summed E-state index contributed by atoms with van der Waals surface area (Å²) < 4.78 is 5.35. The van der Waals surface area contributed by atoms with E-state index in [-0.39, 0.29) is 5.91 Å². The van der Waals surface area contributed by atoms with E-state index in [9.17, 15) is 4.79 Å². The van der Waals surface area contributed by atoms with Gasteiger partial charge in [0, 0.05) is 22.1 Å². The molecule has 0 aliphatic carbocycles. The van der Waals surface area contributed by atoms with Crippen molar-refractivity contribution >= 4 is 34.1 Å². The van der Waals surface area contributed by atoms with Crippen LogP contribution in [0.2, 0.25) is 5.02 Å². The number of aromatic amines is 1. The van der Waals surface area contributed by atoms with Crippen molar-refractivity contribution in [2.45, 2.75) is 26.2 Å². The summed E-state index contributed by atoms with van der Waals surface area (Å²) in [4.78, 5) is 16.2. The zero-order chi connectivity index (χ0) is 18.2. The third kappa shape index (κ3) is 3.22. The molecule has 1 heterocycles. The number of hydrogen-bond donors (Lipinski definition) is 2. The van der Waals surface area contributed by atoms with Gasteiger partial charge in [0.2, 0.25) is 5.91 Å². The van der Waals surface area contributed by atoms with E-state index < -0.39 is 5.41 Å². The van der Waals surface area contributed by atoms with Gasteiger partial charge >= 0.3 is 0 Å². The summed E-state index contributed by atoms with van der Waals surface area (Å²) in [6.07, 6.45) is 1.87. The van der Waals surface area contributed by atoms with Gasteiger partial charge in [0.05, 0.1) is 18.2 Å². The van der Waals surface area contributed by atoms with Crippen molar-refractivity contribution in [3.8, 4) is 5.75 Å². The van der Waals surface area contributed by atoms with Crippen molar-refractivity contribution in [3.63, 3.8) is 0 Å². The Kier molecular flexibility index (Phi) is 4.48. The number of ether oxygens (including phenoxy) is 1. The average Bonchev–Trinajstić information content (AvgIpc) is 2.98. The molecule has 1 aromatic heterocycles. The number of anilines is 1. The Balaban J connectivity index is 1.96. The third-order valence-electron chi connectivity index (χ3n) is 4.49. The summed E-state index contributed by atoms with van der Waals surface area (Å²) >= 11 is 6.05. The van der Waals surface area contributed by atoms with Crippen molar-refractivity contribution in [3.05, 3.63) is 58.7 Å². The topological polar surface area (TPSA) is 54.1 Å². The third-order valence-corrected chi connectivity index (χ3v) is 4.72. The van der Waals surface area contributed by atoms with Crippen LogP contribution in [0.25, 0.3) is 10.9 Å². The first-order valence-electron chi connectivity index (χ1n) is 8.06. The molecule has 0 unspecified atom stereocenters. The van der Waals surface area contributed by atoms with Gasteiger partial charge in [-0.2, -0.15) is 0 Å². The van der Waals surface area contributed by atoms with E-state index >= 15 is 0 Å². The molecule has 0 atom stereocenters. The predicted octanol–water partition coefficient (Wildman–Crippen LogP) is 5.05. The highest BCUT2D eigenvalue weighted by molar-refractivity contribution is 6.31. The zero-order valence-electron chi connectivity index (χ0n) is 14.7. The van der Waals surface area contributed by atoms with E-state index in [2.05, 4.69) is 10.3 Å². The lowest BCUT2D eigenvalue weighted by Gasteiger charge is -2.24. The molecule has 0 spiro atoms. The maximum Gasteiger partial charge on any atom is 0.234 e.